The SMILES string of the molecule is CCCCCCCCCCCCCCOC(=O)c1cc(N)ccc1N. The Kier molecular flexibility index (Phi) is 11.6. The third-order valence-electron chi connectivity index (χ3n) is 4.53. The first kappa shape index (κ1) is 21.3. The van der Waals surface area contributed by atoms with Crippen LogP contribution < -0.4 is 11.5 Å². The highest BCUT2D eigenvalue weighted by Crippen LogP contribution is 2.17. The van der Waals surface area contributed by atoms with Crippen molar-refractivity contribution in [1.29, 1.82) is 0 Å². The average Bonchev–Trinajstić information content (AvgIpc) is 2.61. The van der Waals surface area contributed by atoms with E-state index >= 15 is 0 Å². The van der Waals surface area contributed by atoms with Crippen LogP contribution >= 0.6 is 0 Å². The van der Waals surface area contributed by atoms with Crippen molar-refractivity contribution in [3.63, 3.8) is 0 Å². The summed E-state index contributed by atoms with van der Waals surface area (Å²) in [7, 11) is 0. The number of ether oxygens (including phenoxy) is 1. The summed E-state index contributed by atoms with van der Waals surface area (Å²) >= 11 is 0. The molecular formula is C21H36N2O2. The van der Waals surface area contributed by atoms with Crippen LogP contribution in [0, 0.1) is 0 Å². The molecule has 0 radical (unpaired) electrons. The van der Waals surface area contributed by atoms with Crippen molar-refractivity contribution >= 4 is 17.3 Å². The molecule has 0 unspecified atom stereocenters. The van der Waals surface area contributed by atoms with Crippen LogP contribution in [0.4, 0.5) is 11.4 Å². The van der Waals surface area contributed by atoms with Gasteiger partial charge in [-0.25, -0.2) is 4.79 Å². The Morgan fingerprint density at radius 3 is 1.92 bits per heavy atom. The fourth-order valence-electron chi connectivity index (χ4n) is 2.94. The second kappa shape index (κ2) is 13.6. The summed E-state index contributed by atoms with van der Waals surface area (Å²) in [4.78, 5) is 12.0. The molecule has 0 heterocycles. The number of carbonyl (C=O) groups is 1. The molecule has 4 nitrogen and oxygen atoms in total. The van der Waals surface area contributed by atoms with Crippen LogP contribution in [0.1, 0.15) is 94.3 Å². The number of hydrogen-bond donors (Lipinski definition) is 2. The normalized spacial score (nSPS) is 10.8. The Balaban J connectivity index is 1.95. The molecule has 0 saturated carbocycles. The van der Waals surface area contributed by atoms with E-state index in [4.69, 9.17) is 16.2 Å². The second-order valence-corrected chi connectivity index (χ2v) is 6.87. The molecule has 0 aliphatic heterocycles. The van der Waals surface area contributed by atoms with E-state index in [2.05, 4.69) is 6.92 Å². The van der Waals surface area contributed by atoms with Gasteiger partial charge in [-0.1, -0.05) is 77.6 Å². The lowest BCUT2D eigenvalue weighted by atomic mass is 10.1. The molecule has 0 bridgehead atoms. The third kappa shape index (κ3) is 10.0. The number of anilines is 2. The zero-order valence-corrected chi connectivity index (χ0v) is 15.9. The number of esters is 1. The topological polar surface area (TPSA) is 78.3 Å². The first-order valence-corrected chi connectivity index (χ1v) is 9.97. The van der Waals surface area contributed by atoms with Crippen LogP contribution in [-0.4, -0.2) is 12.6 Å². The first-order chi connectivity index (χ1) is 12.1. The molecule has 142 valence electrons. The van der Waals surface area contributed by atoms with Gasteiger partial charge in [0.1, 0.15) is 0 Å². The lowest BCUT2D eigenvalue weighted by Crippen LogP contribution is -2.09. The van der Waals surface area contributed by atoms with Crippen LogP contribution in [0.25, 0.3) is 0 Å². The van der Waals surface area contributed by atoms with Gasteiger partial charge in [0.25, 0.3) is 0 Å². The number of hydrogen-bond acceptors (Lipinski definition) is 4. The maximum atomic E-state index is 12.0. The van der Waals surface area contributed by atoms with Crippen LogP contribution in [0.5, 0.6) is 0 Å². The van der Waals surface area contributed by atoms with E-state index in [1.165, 1.54) is 64.2 Å². The number of rotatable bonds is 14. The number of nitrogens with two attached hydrogens (primary N) is 2. The molecule has 0 aromatic heterocycles. The lowest BCUT2D eigenvalue weighted by molar-refractivity contribution is 0.0499. The molecular weight excluding hydrogens is 312 g/mol. The van der Waals surface area contributed by atoms with E-state index in [1.807, 2.05) is 0 Å². The van der Waals surface area contributed by atoms with Crippen LogP contribution in [0.15, 0.2) is 18.2 Å². The van der Waals surface area contributed by atoms with Gasteiger partial charge in [-0.2, -0.15) is 0 Å². The zero-order chi connectivity index (χ0) is 18.3. The molecule has 25 heavy (non-hydrogen) atoms. The van der Waals surface area contributed by atoms with Crippen LogP contribution in [0.2, 0.25) is 0 Å². The van der Waals surface area contributed by atoms with E-state index in [-0.39, 0.29) is 5.97 Å². The summed E-state index contributed by atoms with van der Waals surface area (Å²) in [5.74, 6) is -0.382. The molecule has 1 rings (SSSR count). The molecule has 0 aliphatic rings. The highest BCUT2D eigenvalue weighted by atomic mass is 16.5. The molecule has 0 atom stereocenters. The summed E-state index contributed by atoms with van der Waals surface area (Å²) in [6, 6.07) is 4.88. The van der Waals surface area contributed by atoms with E-state index in [0.717, 1.165) is 12.8 Å². The summed E-state index contributed by atoms with van der Waals surface area (Å²) in [6.07, 6.45) is 15.5. The third-order valence-corrected chi connectivity index (χ3v) is 4.53. The second-order valence-electron chi connectivity index (χ2n) is 6.87. The fraction of sp³-hybridized carbons (Fsp3) is 0.667. The van der Waals surface area contributed by atoms with Gasteiger partial charge >= 0.3 is 5.97 Å². The van der Waals surface area contributed by atoms with E-state index in [9.17, 15) is 4.79 Å². The molecule has 0 amide bonds. The van der Waals surface area contributed by atoms with Crippen molar-refractivity contribution in [2.45, 2.75) is 84.0 Å². The molecule has 0 spiro atoms. The smallest absolute Gasteiger partial charge is 0.340 e. The number of benzene rings is 1. The Morgan fingerprint density at radius 2 is 1.36 bits per heavy atom. The van der Waals surface area contributed by atoms with Crippen molar-refractivity contribution < 1.29 is 9.53 Å². The van der Waals surface area contributed by atoms with Crippen molar-refractivity contribution in [2.24, 2.45) is 0 Å². The lowest BCUT2D eigenvalue weighted by Gasteiger charge is -2.08. The minimum absolute atomic E-state index is 0.360. The predicted molar refractivity (Wildman–Crippen MR) is 107 cm³/mol. The van der Waals surface area contributed by atoms with Crippen molar-refractivity contribution in [1.82, 2.24) is 0 Å². The van der Waals surface area contributed by atoms with Gasteiger partial charge in [0.15, 0.2) is 0 Å². The Hall–Kier alpha value is -1.71. The highest BCUT2D eigenvalue weighted by Gasteiger charge is 2.11. The van der Waals surface area contributed by atoms with Crippen LogP contribution in [0.3, 0.4) is 0 Å². The number of unbranched alkanes of at least 4 members (excludes halogenated alkanes) is 11. The molecule has 0 fully saturated rings. The minimum atomic E-state index is -0.382. The fourth-order valence-corrected chi connectivity index (χ4v) is 2.94. The van der Waals surface area contributed by atoms with Crippen molar-refractivity contribution in [2.75, 3.05) is 18.1 Å². The standard InChI is InChI=1S/C21H36N2O2/c1-2-3-4-5-6-7-8-9-10-11-12-13-16-25-21(24)19-17-18(22)14-15-20(19)23/h14-15,17H,2-13,16,22-23H2,1H3. The van der Waals surface area contributed by atoms with Gasteiger partial charge in [-0.15, -0.1) is 0 Å². The summed E-state index contributed by atoms with van der Waals surface area (Å²) in [6.45, 7) is 2.71. The van der Waals surface area contributed by atoms with Crippen molar-refractivity contribution in [3.05, 3.63) is 23.8 Å². The van der Waals surface area contributed by atoms with Gasteiger partial charge in [-0.05, 0) is 24.6 Å². The highest BCUT2D eigenvalue weighted by molar-refractivity contribution is 5.96. The largest absolute Gasteiger partial charge is 0.462 e. The molecule has 4 N–H and O–H groups in total. The zero-order valence-electron chi connectivity index (χ0n) is 15.9. The van der Waals surface area contributed by atoms with E-state index in [1.54, 1.807) is 18.2 Å². The maximum absolute atomic E-state index is 12.0. The van der Waals surface area contributed by atoms with Gasteiger partial charge in [-0.3, -0.25) is 0 Å². The Labute approximate surface area is 153 Å². The summed E-state index contributed by atoms with van der Waals surface area (Å²) < 4.78 is 5.28. The first-order valence-electron chi connectivity index (χ1n) is 9.97. The number of carbonyl (C=O) groups excluding carboxylic acids is 1. The van der Waals surface area contributed by atoms with Gasteiger partial charge < -0.3 is 16.2 Å². The molecule has 0 saturated heterocycles. The maximum Gasteiger partial charge on any atom is 0.340 e. The molecule has 1 aromatic rings. The quantitative estimate of drug-likeness (QED) is 0.256. The molecule has 4 heteroatoms. The average molecular weight is 349 g/mol. The van der Waals surface area contributed by atoms with Gasteiger partial charge in [0.05, 0.1) is 12.2 Å². The Morgan fingerprint density at radius 1 is 0.840 bits per heavy atom. The van der Waals surface area contributed by atoms with E-state index < -0.39 is 0 Å². The summed E-state index contributed by atoms with van der Waals surface area (Å²) in [5.41, 5.74) is 12.7. The minimum Gasteiger partial charge on any atom is -0.462 e. The van der Waals surface area contributed by atoms with Crippen LogP contribution in [-0.2, 0) is 4.74 Å². The summed E-state index contributed by atoms with van der Waals surface area (Å²) in [5, 5.41) is 0. The van der Waals surface area contributed by atoms with Gasteiger partial charge in [0.2, 0.25) is 0 Å². The van der Waals surface area contributed by atoms with Gasteiger partial charge in [0, 0.05) is 11.4 Å². The molecule has 0 aliphatic carbocycles. The number of nitrogen functional groups attached to an aromatic ring is 2. The Bertz CT molecular complexity index is 489. The van der Waals surface area contributed by atoms with Crippen molar-refractivity contribution in [3.8, 4) is 0 Å². The monoisotopic (exact) mass is 348 g/mol. The predicted octanol–water partition coefficient (Wildman–Crippen LogP) is 5.71. The molecule has 1 aromatic carbocycles. The van der Waals surface area contributed by atoms with E-state index in [0.29, 0.717) is 23.5 Å².